The smallest absolute Gasteiger partial charge is 0.344 e. The molecule has 27 heavy (non-hydrogen) atoms. The van der Waals surface area contributed by atoms with Crippen LogP contribution in [-0.4, -0.2) is 38.3 Å². The SMILES string of the molecule is CC(C)N(CC(F)(F)F)c1c(-c2c(F)cccc2Cl)c(Cl)nc2ncnn12. The van der Waals surface area contributed by atoms with E-state index in [1.165, 1.54) is 12.1 Å². The van der Waals surface area contributed by atoms with Crippen LogP contribution < -0.4 is 4.90 Å². The molecule has 0 N–H and O–H groups in total. The summed E-state index contributed by atoms with van der Waals surface area (Å²) < 4.78 is 55.4. The minimum absolute atomic E-state index is 0.0148. The van der Waals surface area contributed by atoms with Gasteiger partial charge in [-0.2, -0.15) is 32.8 Å². The van der Waals surface area contributed by atoms with Crippen molar-refractivity contribution in [2.45, 2.75) is 26.1 Å². The van der Waals surface area contributed by atoms with E-state index in [1.54, 1.807) is 13.8 Å². The third kappa shape index (κ3) is 3.79. The van der Waals surface area contributed by atoms with E-state index >= 15 is 0 Å². The van der Waals surface area contributed by atoms with Gasteiger partial charge < -0.3 is 4.90 Å². The fraction of sp³-hybridized carbons (Fsp3) is 0.312. The third-order valence-corrected chi connectivity index (χ3v) is 4.40. The van der Waals surface area contributed by atoms with E-state index in [9.17, 15) is 17.6 Å². The lowest BCUT2D eigenvalue weighted by Crippen LogP contribution is -2.40. The molecule has 2 heterocycles. The molecule has 3 rings (SSSR count). The maximum atomic E-state index is 14.6. The van der Waals surface area contributed by atoms with Gasteiger partial charge in [0.25, 0.3) is 5.78 Å². The Morgan fingerprint density at radius 1 is 1.19 bits per heavy atom. The molecule has 0 radical (unpaired) electrons. The zero-order valence-electron chi connectivity index (χ0n) is 14.1. The van der Waals surface area contributed by atoms with Gasteiger partial charge in [-0.25, -0.2) is 4.39 Å². The van der Waals surface area contributed by atoms with Gasteiger partial charge in [0, 0.05) is 11.6 Å². The number of aromatic nitrogens is 4. The van der Waals surface area contributed by atoms with Crippen LogP contribution in [0.2, 0.25) is 10.2 Å². The molecule has 1 aromatic carbocycles. The van der Waals surface area contributed by atoms with E-state index in [-0.39, 0.29) is 32.9 Å². The van der Waals surface area contributed by atoms with Crippen LogP contribution in [0.5, 0.6) is 0 Å². The molecule has 0 aliphatic carbocycles. The molecule has 0 saturated carbocycles. The van der Waals surface area contributed by atoms with E-state index in [4.69, 9.17) is 23.2 Å². The monoisotopic (exact) mass is 421 g/mol. The van der Waals surface area contributed by atoms with Crippen LogP contribution in [0.1, 0.15) is 13.8 Å². The summed E-state index contributed by atoms with van der Waals surface area (Å²) in [6.45, 7) is 1.82. The average molecular weight is 422 g/mol. The van der Waals surface area contributed by atoms with Gasteiger partial charge in [0.15, 0.2) is 0 Å². The maximum absolute atomic E-state index is 14.6. The Bertz CT molecular complexity index is 967. The molecule has 3 aromatic rings. The Balaban J connectivity index is 2.40. The van der Waals surface area contributed by atoms with Crippen LogP contribution in [0.15, 0.2) is 24.5 Å². The highest BCUT2D eigenvalue weighted by atomic mass is 35.5. The maximum Gasteiger partial charge on any atom is 0.405 e. The number of nitrogens with zero attached hydrogens (tertiary/aromatic N) is 5. The number of fused-ring (bicyclic) bond motifs is 1. The Hall–Kier alpha value is -2.13. The van der Waals surface area contributed by atoms with Crippen LogP contribution in [0.4, 0.5) is 23.4 Å². The topological polar surface area (TPSA) is 46.3 Å². The van der Waals surface area contributed by atoms with Crippen LogP contribution in [0.3, 0.4) is 0 Å². The van der Waals surface area contributed by atoms with E-state index in [1.807, 2.05) is 0 Å². The summed E-state index contributed by atoms with van der Waals surface area (Å²) in [5.41, 5.74) is -0.243. The van der Waals surface area contributed by atoms with Crippen molar-refractivity contribution in [2.75, 3.05) is 11.4 Å². The molecule has 0 aliphatic heterocycles. The molecule has 5 nitrogen and oxygen atoms in total. The van der Waals surface area contributed by atoms with Gasteiger partial charge in [0.1, 0.15) is 29.7 Å². The molecule has 0 unspecified atom stereocenters. The fourth-order valence-electron chi connectivity index (χ4n) is 2.71. The summed E-state index contributed by atoms with van der Waals surface area (Å²) in [5.74, 6) is -0.858. The second-order valence-corrected chi connectivity index (χ2v) is 6.77. The summed E-state index contributed by atoms with van der Waals surface area (Å²) in [6.07, 6.45) is -3.40. The van der Waals surface area contributed by atoms with Gasteiger partial charge in [-0.15, -0.1) is 0 Å². The molecule has 2 aromatic heterocycles. The van der Waals surface area contributed by atoms with E-state index < -0.39 is 24.6 Å². The van der Waals surface area contributed by atoms with Gasteiger partial charge in [-0.1, -0.05) is 29.3 Å². The summed E-state index contributed by atoms with van der Waals surface area (Å²) in [5, 5.41) is 3.70. The minimum atomic E-state index is -4.52. The van der Waals surface area contributed by atoms with Gasteiger partial charge >= 0.3 is 6.18 Å². The Labute approximate surface area is 161 Å². The lowest BCUT2D eigenvalue weighted by atomic mass is 10.1. The number of hydrogen-bond donors (Lipinski definition) is 0. The number of rotatable bonds is 4. The first-order valence-electron chi connectivity index (χ1n) is 7.77. The van der Waals surface area contributed by atoms with Gasteiger partial charge in [-0.05, 0) is 26.0 Å². The van der Waals surface area contributed by atoms with Crippen molar-refractivity contribution in [1.82, 2.24) is 19.6 Å². The molecule has 0 aliphatic rings. The normalized spacial score (nSPS) is 12.2. The van der Waals surface area contributed by atoms with Gasteiger partial charge in [0.05, 0.1) is 10.6 Å². The molecule has 0 spiro atoms. The number of hydrogen-bond acceptors (Lipinski definition) is 4. The van der Waals surface area contributed by atoms with Gasteiger partial charge in [-0.3, -0.25) is 0 Å². The predicted octanol–water partition coefficient (Wildman–Crippen LogP) is 5.01. The minimum Gasteiger partial charge on any atom is -0.344 e. The lowest BCUT2D eigenvalue weighted by molar-refractivity contribution is -0.120. The largest absolute Gasteiger partial charge is 0.405 e. The van der Waals surface area contributed by atoms with Crippen molar-refractivity contribution >= 4 is 34.8 Å². The first-order chi connectivity index (χ1) is 12.6. The van der Waals surface area contributed by atoms with Crippen molar-refractivity contribution in [1.29, 1.82) is 0 Å². The first-order valence-corrected chi connectivity index (χ1v) is 8.52. The van der Waals surface area contributed by atoms with Crippen LogP contribution in [0, 0.1) is 5.82 Å². The Kier molecular flexibility index (Phi) is 5.18. The average Bonchev–Trinajstić information content (AvgIpc) is 2.99. The highest BCUT2D eigenvalue weighted by molar-refractivity contribution is 6.36. The Morgan fingerprint density at radius 3 is 2.48 bits per heavy atom. The summed E-state index contributed by atoms with van der Waals surface area (Å²) in [4.78, 5) is 8.90. The van der Waals surface area contributed by atoms with Crippen molar-refractivity contribution < 1.29 is 17.6 Å². The molecule has 0 atom stereocenters. The van der Waals surface area contributed by atoms with Crippen LogP contribution >= 0.6 is 23.2 Å². The molecule has 0 amide bonds. The fourth-order valence-corrected chi connectivity index (χ4v) is 3.23. The summed E-state index contributed by atoms with van der Waals surface area (Å²) in [7, 11) is 0. The van der Waals surface area contributed by atoms with Crippen molar-refractivity contribution in [3.63, 3.8) is 0 Å². The second-order valence-electron chi connectivity index (χ2n) is 6.01. The summed E-state index contributed by atoms with van der Waals surface area (Å²) >= 11 is 12.4. The number of anilines is 1. The first kappa shape index (κ1) is 19.6. The third-order valence-electron chi connectivity index (χ3n) is 3.82. The molecular weight excluding hydrogens is 409 g/mol. The zero-order chi connectivity index (χ0) is 19.9. The summed E-state index contributed by atoms with van der Waals surface area (Å²) in [6, 6.07) is 3.30. The molecule has 0 saturated heterocycles. The van der Waals surface area contributed by atoms with Crippen molar-refractivity contribution in [3.05, 3.63) is 40.5 Å². The van der Waals surface area contributed by atoms with Gasteiger partial charge in [0.2, 0.25) is 0 Å². The van der Waals surface area contributed by atoms with Crippen LogP contribution in [-0.2, 0) is 0 Å². The lowest BCUT2D eigenvalue weighted by Gasteiger charge is -2.31. The van der Waals surface area contributed by atoms with Crippen LogP contribution in [0.25, 0.3) is 16.9 Å². The van der Waals surface area contributed by atoms with Crippen molar-refractivity contribution in [3.8, 4) is 11.1 Å². The highest BCUT2D eigenvalue weighted by Crippen LogP contribution is 2.42. The van der Waals surface area contributed by atoms with E-state index in [0.29, 0.717) is 0 Å². The number of alkyl halides is 3. The molecule has 11 heteroatoms. The predicted molar refractivity (Wildman–Crippen MR) is 94.7 cm³/mol. The van der Waals surface area contributed by atoms with E-state index in [2.05, 4.69) is 15.1 Å². The molecule has 0 bridgehead atoms. The zero-order valence-corrected chi connectivity index (χ0v) is 15.6. The highest BCUT2D eigenvalue weighted by Gasteiger charge is 2.36. The second kappa shape index (κ2) is 7.12. The molecule has 0 fully saturated rings. The number of benzene rings is 1. The van der Waals surface area contributed by atoms with E-state index in [0.717, 1.165) is 21.8 Å². The Morgan fingerprint density at radius 2 is 1.89 bits per heavy atom. The number of halogens is 6. The molecule has 144 valence electrons. The molecular formula is C16H13Cl2F4N5. The standard InChI is InChI=1S/C16H13Cl2F4N5/c1-8(2)26(6-16(20,21)22)14-12(11-9(17)4-3-5-10(11)19)13(18)25-15-23-7-24-27(14)15/h3-5,7-8H,6H2,1-2H3. The van der Waals surface area contributed by atoms with Crippen molar-refractivity contribution in [2.24, 2.45) is 0 Å². The quantitative estimate of drug-likeness (QED) is 0.438.